The molecular formula is C21H29NO4S. The van der Waals surface area contributed by atoms with Gasteiger partial charge in [0.05, 0.1) is 0 Å². The average molecular weight is 392 g/mol. The van der Waals surface area contributed by atoms with Crippen molar-refractivity contribution in [2.24, 2.45) is 0 Å². The number of rotatable bonds is 2. The summed E-state index contributed by atoms with van der Waals surface area (Å²) >= 11 is 0. The number of sulfonamides is 1. The molecule has 1 aliphatic rings. The average Bonchev–Trinajstić information content (AvgIpc) is 3.06. The molecular weight excluding hydrogens is 362 g/mol. The zero-order chi connectivity index (χ0) is 20.2. The van der Waals surface area contributed by atoms with E-state index < -0.39 is 15.6 Å². The highest BCUT2D eigenvalue weighted by atomic mass is 32.2. The van der Waals surface area contributed by atoms with Gasteiger partial charge in [-0.05, 0) is 41.4 Å². The van der Waals surface area contributed by atoms with Gasteiger partial charge in [0, 0.05) is 24.0 Å². The second-order valence-electron chi connectivity index (χ2n) is 9.45. The van der Waals surface area contributed by atoms with Gasteiger partial charge < -0.3 is 4.42 Å². The highest BCUT2D eigenvalue weighted by molar-refractivity contribution is 7.89. The maximum atomic E-state index is 12.9. The van der Waals surface area contributed by atoms with E-state index in [9.17, 15) is 13.2 Å². The fourth-order valence-electron chi connectivity index (χ4n) is 3.45. The van der Waals surface area contributed by atoms with Gasteiger partial charge in [-0.2, -0.15) is 4.31 Å². The van der Waals surface area contributed by atoms with E-state index in [-0.39, 0.29) is 15.7 Å². The van der Waals surface area contributed by atoms with E-state index in [1.807, 2.05) is 6.07 Å². The molecule has 3 rings (SSSR count). The maximum Gasteiger partial charge on any atom is 0.356 e. The van der Waals surface area contributed by atoms with Crippen LogP contribution in [0.5, 0.6) is 0 Å². The molecule has 0 aliphatic carbocycles. The van der Waals surface area contributed by atoms with Crippen molar-refractivity contribution in [2.45, 2.75) is 70.1 Å². The summed E-state index contributed by atoms with van der Waals surface area (Å²) < 4.78 is 32.8. The Labute approximate surface area is 161 Å². The van der Waals surface area contributed by atoms with Crippen molar-refractivity contribution in [2.75, 3.05) is 13.1 Å². The molecule has 0 amide bonds. The molecule has 0 bridgehead atoms. The van der Waals surface area contributed by atoms with E-state index in [4.69, 9.17) is 4.42 Å². The van der Waals surface area contributed by atoms with Gasteiger partial charge in [-0.25, -0.2) is 13.2 Å². The summed E-state index contributed by atoms with van der Waals surface area (Å²) in [4.78, 5) is 12.4. The first kappa shape index (κ1) is 20.1. The van der Waals surface area contributed by atoms with Crippen molar-refractivity contribution in [3.05, 3.63) is 39.7 Å². The Morgan fingerprint density at radius 3 is 2.04 bits per heavy atom. The number of hydrogen-bond donors (Lipinski definition) is 0. The molecule has 1 aliphatic heterocycles. The van der Waals surface area contributed by atoms with Crippen LogP contribution in [0.15, 0.2) is 32.3 Å². The normalized spacial score (nSPS) is 17.0. The first-order chi connectivity index (χ1) is 12.3. The van der Waals surface area contributed by atoms with Gasteiger partial charge in [-0.1, -0.05) is 47.6 Å². The lowest BCUT2D eigenvalue weighted by Crippen LogP contribution is -2.31. The van der Waals surface area contributed by atoms with Crippen molar-refractivity contribution in [1.82, 2.24) is 4.31 Å². The molecule has 0 unspecified atom stereocenters. The zero-order valence-corrected chi connectivity index (χ0v) is 17.9. The van der Waals surface area contributed by atoms with Gasteiger partial charge in [0.25, 0.3) is 0 Å². The van der Waals surface area contributed by atoms with Crippen LogP contribution in [0.3, 0.4) is 0 Å². The van der Waals surface area contributed by atoms with E-state index in [0.29, 0.717) is 24.1 Å². The van der Waals surface area contributed by atoms with Crippen LogP contribution in [0.2, 0.25) is 0 Å². The molecule has 148 valence electrons. The summed E-state index contributed by atoms with van der Waals surface area (Å²) in [5.74, 6) is 0. The summed E-state index contributed by atoms with van der Waals surface area (Å²) in [6.07, 6.45) is 1.64. The van der Waals surface area contributed by atoms with Crippen LogP contribution >= 0.6 is 0 Å². The second kappa shape index (κ2) is 6.45. The monoisotopic (exact) mass is 391 g/mol. The standard InChI is InChI=1S/C21H29NO4S/c1-20(2,3)15-11-14-12-17(27(24,25)22-9-7-8-10-22)19(23)26-18(14)16(13-15)21(4,5)6/h11-13H,7-10H2,1-6H3. The summed E-state index contributed by atoms with van der Waals surface area (Å²) in [6, 6.07) is 5.51. The topological polar surface area (TPSA) is 67.6 Å². The summed E-state index contributed by atoms with van der Waals surface area (Å²) in [5.41, 5.74) is 1.32. The quantitative estimate of drug-likeness (QED) is 0.721. The molecule has 5 nitrogen and oxygen atoms in total. The summed E-state index contributed by atoms with van der Waals surface area (Å²) in [5, 5.41) is 0.657. The van der Waals surface area contributed by atoms with Gasteiger partial charge in [0.15, 0.2) is 4.90 Å². The first-order valence-electron chi connectivity index (χ1n) is 9.45. The van der Waals surface area contributed by atoms with Crippen molar-refractivity contribution in [3.8, 4) is 0 Å². The molecule has 1 aromatic heterocycles. The lowest BCUT2D eigenvalue weighted by molar-refractivity contribution is 0.465. The van der Waals surface area contributed by atoms with Crippen LogP contribution in [0.4, 0.5) is 0 Å². The predicted molar refractivity (Wildman–Crippen MR) is 108 cm³/mol. The van der Waals surface area contributed by atoms with E-state index in [2.05, 4.69) is 47.6 Å². The minimum Gasteiger partial charge on any atom is -0.421 e. The van der Waals surface area contributed by atoms with Crippen LogP contribution in [0, 0.1) is 0 Å². The lowest BCUT2D eigenvalue weighted by atomic mass is 9.79. The maximum absolute atomic E-state index is 12.9. The van der Waals surface area contributed by atoms with E-state index >= 15 is 0 Å². The van der Waals surface area contributed by atoms with Crippen molar-refractivity contribution < 1.29 is 12.8 Å². The fourth-order valence-corrected chi connectivity index (χ4v) is 5.00. The summed E-state index contributed by atoms with van der Waals surface area (Å²) in [7, 11) is -3.83. The fraction of sp³-hybridized carbons (Fsp3) is 0.571. The van der Waals surface area contributed by atoms with Crippen molar-refractivity contribution >= 4 is 21.0 Å². The minimum atomic E-state index is -3.83. The Morgan fingerprint density at radius 1 is 0.926 bits per heavy atom. The third-order valence-corrected chi connectivity index (χ3v) is 7.04. The summed E-state index contributed by atoms with van der Waals surface area (Å²) in [6.45, 7) is 13.4. The SMILES string of the molecule is CC(C)(C)c1cc(C(C)(C)C)c2oc(=O)c(S(=O)(=O)N3CCCC3)cc2c1. The minimum absolute atomic E-state index is 0.113. The number of fused-ring (bicyclic) bond motifs is 1. The zero-order valence-electron chi connectivity index (χ0n) is 17.0. The third kappa shape index (κ3) is 3.69. The van der Waals surface area contributed by atoms with Crippen LogP contribution in [-0.4, -0.2) is 25.8 Å². The molecule has 6 heteroatoms. The molecule has 1 fully saturated rings. The molecule has 0 saturated carbocycles. The first-order valence-corrected chi connectivity index (χ1v) is 10.9. The molecule has 1 saturated heterocycles. The lowest BCUT2D eigenvalue weighted by Gasteiger charge is -2.26. The largest absolute Gasteiger partial charge is 0.421 e. The number of nitrogens with zero attached hydrogens (tertiary/aromatic N) is 1. The predicted octanol–water partition coefficient (Wildman–Crippen LogP) is 4.17. The Morgan fingerprint density at radius 2 is 1.52 bits per heavy atom. The molecule has 0 spiro atoms. The Balaban J connectivity index is 2.32. The molecule has 2 aromatic rings. The molecule has 0 N–H and O–H groups in total. The van der Waals surface area contributed by atoms with Crippen LogP contribution in [-0.2, 0) is 20.9 Å². The second-order valence-corrected chi connectivity index (χ2v) is 11.4. The van der Waals surface area contributed by atoms with Crippen molar-refractivity contribution in [3.63, 3.8) is 0 Å². The Kier molecular flexibility index (Phi) is 4.80. The molecule has 1 aromatic carbocycles. The van der Waals surface area contributed by atoms with E-state index in [1.165, 1.54) is 10.4 Å². The van der Waals surface area contributed by atoms with Gasteiger partial charge >= 0.3 is 5.63 Å². The molecule has 2 heterocycles. The van der Waals surface area contributed by atoms with Crippen LogP contribution < -0.4 is 5.63 Å². The van der Waals surface area contributed by atoms with E-state index in [0.717, 1.165) is 24.0 Å². The molecule has 27 heavy (non-hydrogen) atoms. The highest BCUT2D eigenvalue weighted by Gasteiger charge is 2.32. The van der Waals surface area contributed by atoms with Crippen molar-refractivity contribution in [1.29, 1.82) is 0 Å². The molecule has 0 atom stereocenters. The van der Waals surface area contributed by atoms with Gasteiger partial charge in [0.2, 0.25) is 10.0 Å². The smallest absolute Gasteiger partial charge is 0.356 e. The van der Waals surface area contributed by atoms with Crippen LogP contribution in [0.25, 0.3) is 11.0 Å². The number of hydrogen-bond acceptors (Lipinski definition) is 4. The van der Waals surface area contributed by atoms with Gasteiger partial charge in [-0.15, -0.1) is 0 Å². The highest BCUT2D eigenvalue weighted by Crippen LogP contribution is 2.35. The number of benzene rings is 1. The van der Waals surface area contributed by atoms with Gasteiger partial charge in [0.1, 0.15) is 5.58 Å². The van der Waals surface area contributed by atoms with E-state index in [1.54, 1.807) is 0 Å². The third-order valence-electron chi connectivity index (χ3n) is 5.16. The molecule has 0 radical (unpaired) electrons. The van der Waals surface area contributed by atoms with Crippen LogP contribution in [0.1, 0.15) is 65.5 Å². The van der Waals surface area contributed by atoms with Gasteiger partial charge in [-0.3, -0.25) is 0 Å². The Bertz CT molecular complexity index is 1030. The Hall–Kier alpha value is -1.66.